The molecule has 0 aliphatic carbocycles. The monoisotopic (exact) mass is 388 g/mol. The first-order valence-corrected chi connectivity index (χ1v) is 8.71. The lowest BCUT2D eigenvalue weighted by Gasteiger charge is -2.03. The van der Waals surface area contributed by atoms with Gasteiger partial charge in [0.05, 0.1) is 16.8 Å². The lowest BCUT2D eigenvalue weighted by atomic mass is 10.1. The molecule has 0 amide bonds. The number of phenolic OH excluding ortho intramolecular Hbond substituents is 2. The predicted molar refractivity (Wildman–Crippen MR) is 108 cm³/mol. The van der Waals surface area contributed by atoms with Crippen LogP contribution in [0.5, 0.6) is 11.5 Å². The Morgan fingerprint density at radius 3 is 2.62 bits per heavy atom. The lowest BCUT2D eigenvalue weighted by molar-refractivity contribution is 0.0697. The number of benzene rings is 3. The summed E-state index contributed by atoms with van der Waals surface area (Å²) in [5.74, 6) is -0.941. The van der Waals surface area contributed by atoms with Crippen LogP contribution in [-0.2, 0) is 0 Å². The molecule has 1 heterocycles. The molecule has 7 nitrogen and oxygen atoms in total. The van der Waals surface area contributed by atoms with Crippen LogP contribution in [0.15, 0.2) is 64.0 Å². The normalized spacial score (nSPS) is 11.3. The van der Waals surface area contributed by atoms with Crippen LogP contribution in [0.4, 0.5) is 5.69 Å². The summed E-state index contributed by atoms with van der Waals surface area (Å²) < 4.78 is 5.77. The number of fused-ring (bicyclic) bond motifs is 1. The molecular formula is C22H16N2O5. The maximum absolute atomic E-state index is 11.1. The number of nitrogens with zero attached hydrogens (tertiary/aromatic N) is 2. The van der Waals surface area contributed by atoms with Gasteiger partial charge in [-0.15, -0.1) is 0 Å². The van der Waals surface area contributed by atoms with Crippen molar-refractivity contribution in [2.24, 2.45) is 4.99 Å². The van der Waals surface area contributed by atoms with Crippen LogP contribution in [-0.4, -0.2) is 32.5 Å². The number of rotatable bonds is 4. The number of aliphatic imine (C=N–C) groups is 1. The third-order valence-electron chi connectivity index (χ3n) is 4.38. The second kappa shape index (κ2) is 7.12. The number of oxazole rings is 1. The van der Waals surface area contributed by atoms with Crippen molar-refractivity contribution in [3.63, 3.8) is 0 Å². The Hall–Kier alpha value is -4.13. The zero-order valence-corrected chi connectivity index (χ0v) is 15.3. The fourth-order valence-electron chi connectivity index (χ4n) is 2.86. The molecule has 3 N–H and O–H groups in total. The van der Waals surface area contributed by atoms with E-state index in [9.17, 15) is 15.0 Å². The highest BCUT2D eigenvalue weighted by atomic mass is 16.4. The van der Waals surface area contributed by atoms with Crippen molar-refractivity contribution in [2.45, 2.75) is 6.92 Å². The molecule has 29 heavy (non-hydrogen) atoms. The Kier molecular flexibility index (Phi) is 4.48. The highest BCUT2D eigenvalue weighted by molar-refractivity contribution is 5.93. The molecule has 1 aromatic heterocycles. The number of aryl methyl sites for hydroxylation is 1. The summed E-state index contributed by atoms with van der Waals surface area (Å²) in [6.07, 6.45) is 1.35. The molecule has 0 aliphatic heterocycles. The van der Waals surface area contributed by atoms with E-state index in [0.717, 1.165) is 5.56 Å². The van der Waals surface area contributed by atoms with Crippen molar-refractivity contribution < 1.29 is 24.5 Å². The first-order chi connectivity index (χ1) is 13.9. The first kappa shape index (κ1) is 18.2. The molecule has 0 bridgehead atoms. The summed E-state index contributed by atoms with van der Waals surface area (Å²) in [4.78, 5) is 19.8. The van der Waals surface area contributed by atoms with Gasteiger partial charge in [-0.25, -0.2) is 9.78 Å². The number of hydrogen-bond donors (Lipinski definition) is 3. The molecule has 4 rings (SSSR count). The van der Waals surface area contributed by atoms with Crippen molar-refractivity contribution in [1.29, 1.82) is 0 Å². The molecule has 0 fully saturated rings. The first-order valence-electron chi connectivity index (χ1n) is 8.71. The largest absolute Gasteiger partial charge is 0.507 e. The Balaban J connectivity index is 1.71. The van der Waals surface area contributed by atoms with E-state index in [1.54, 1.807) is 12.1 Å². The number of carbonyl (C=O) groups is 1. The standard InChI is InChI=1S/C22H16N2O5/c1-12-2-5-17-20(8-12)29-21(24-17)16-10-15(4-7-19(16)26)23-11-14-9-13(22(27)28)3-6-18(14)25/h2-11,25-26H,1H3,(H,27,28). The minimum Gasteiger partial charge on any atom is -0.507 e. The van der Waals surface area contributed by atoms with Crippen molar-refractivity contribution in [3.8, 4) is 23.0 Å². The Morgan fingerprint density at radius 1 is 1.03 bits per heavy atom. The summed E-state index contributed by atoms with van der Waals surface area (Å²) in [6.45, 7) is 1.95. The Bertz CT molecular complexity index is 1270. The van der Waals surface area contributed by atoms with Crippen LogP contribution >= 0.6 is 0 Å². The molecule has 3 aromatic carbocycles. The zero-order valence-electron chi connectivity index (χ0n) is 15.3. The average molecular weight is 388 g/mol. The fourth-order valence-corrected chi connectivity index (χ4v) is 2.86. The highest BCUT2D eigenvalue weighted by Gasteiger charge is 2.13. The van der Waals surface area contributed by atoms with Crippen molar-refractivity contribution >= 4 is 29.0 Å². The topological polar surface area (TPSA) is 116 Å². The number of aromatic nitrogens is 1. The van der Waals surface area contributed by atoms with Gasteiger partial charge in [-0.1, -0.05) is 6.07 Å². The van der Waals surface area contributed by atoms with Gasteiger partial charge in [-0.2, -0.15) is 0 Å². The molecule has 0 radical (unpaired) electrons. The molecule has 0 aliphatic rings. The van der Waals surface area contributed by atoms with Crippen LogP contribution in [0.25, 0.3) is 22.6 Å². The molecule has 0 saturated heterocycles. The zero-order chi connectivity index (χ0) is 20.5. The number of carboxylic acids is 1. The summed E-state index contributed by atoms with van der Waals surface area (Å²) >= 11 is 0. The van der Waals surface area contributed by atoms with Crippen molar-refractivity contribution in [3.05, 3.63) is 71.3 Å². The number of carboxylic acid groups (broad SMARTS) is 1. The summed E-state index contributed by atoms with van der Waals surface area (Å²) in [5.41, 5.74) is 3.46. The van der Waals surface area contributed by atoms with E-state index in [-0.39, 0.29) is 28.5 Å². The lowest BCUT2D eigenvalue weighted by Crippen LogP contribution is -1.97. The number of aromatic hydroxyl groups is 2. The number of hydrogen-bond acceptors (Lipinski definition) is 6. The molecule has 7 heteroatoms. The maximum Gasteiger partial charge on any atom is 0.335 e. The van der Waals surface area contributed by atoms with Gasteiger partial charge < -0.3 is 19.7 Å². The quantitative estimate of drug-likeness (QED) is 0.438. The summed E-state index contributed by atoms with van der Waals surface area (Å²) in [5, 5.41) is 29.2. The number of phenols is 2. The van der Waals surface area contributed by atoms with E-state index >= 15 is 0 Å². The van der Waals surface area contributed by atoms with Crippen LogP contribution in [0.1, 0.15) is 21.5 Å². The average Bonchev–Trinajstić information content (AvgIpc) is 3.11. The molecule has 0 spiro atoms. The third kappa shape index (κ3) is 3.66. The molecule has 0 atom stereocenters. The van der Waals surface area contributed by atoms with E-state index in [0.29, 0.717) is 22.4 Å². The smallest absolute Gasteiger partial charge is 0.335 e. The van der Waals surface area contributed by atoms with E-state index < -0.39 is 5.97 Å². The SMILES string of the molecule is Cc1ccc2nc(-c3cc(N=Cc4cc(C(=O)O)ccc4O)ccc3O)oc2c1. The molecule has 0 saturated carbocycles. The fraction of sp³-hybridized carbons (Fsp3) is 0.0455. The predicted octanol–water partition coefficient (Wildman–Crippen LogP) is 4.66. The highest BCUT2D eigenvalue weighted by Crippen LogP contribution is 2.34. The van der Waals surface area contributed by atoms with Gasteiger partial charge in [-0.3, -0.25) is 4.99 Å². The van der Waals surface area contributed by atoms with Gasteiger partial charge >= 0.3 is 5.97 Å². The molecule has 4 aromatic rings. The summed E-state index contributed by atoms with van der Waals surface area (Å²) in [7, 11) is 0. The van der Waals surface area contributed by atoms with E-state index in [4.69, 9.17) is 9.52 Å². The van der Waals surface area contributed by atoms with Crippen LogP contribution < -0.4 is 0 Å². The van der Waals surface area contributed by atoms with Crippen LogP contribution in [0.2, 0.25) is 0 Å². The molecular weight excluding hydrogens is 372 g/mol. The molecule has 144 valence electrons. The van der Waals surface area contributed by atoms with Crippen LogP contribution in [0.3, 0.4) is 0 Å². The van der Waals surface area contributed by atoms with Crippen molar-refractivity contribution in [1.82, 2.24) is 4.98 Å². The molecule has 0 unspecified atom stereocenters. The van der Waals surface area contributed by atoms with Gasteiger partial charge in [0, 0.05) is 11.8 Å². The van der Waals surface area contributed by atoms with Gasteiger partial charge in [0.1, 0.15) is 17.0 Å². The minimum absolute atomic E-state index is 0.0112. The van der Waals surface area contributed by atoms with Crippen molar-refractivity contribution in [2.75, 3.05) is 0 Å². The van der Waals surface area contributed by atoms with Gasteiger partial charge in [0.15, 0.2) is 5.58 Å². The van der Waals surface area contributed by atoms with Gasteiger partial charge in [0.25, 0.3) is 0 Å². The van der Waals surface area contributed by atoms with E-state index in [1.807, 2.05) is 25.1 Å². The Morgan fingerprint density at radius 2 is 1.83 bits per heavy atom. The van der Waals surface area contributed by atoms with Gasteiger partial charge in [-0.05, 0) is 61.0 Å². The summed E-state index contributed by atoms with van der Waals surface area (Å²) in [6, 6.07) is 14.2. The Labute approximate surface area is 165 Å². The van der Waals surface area contributed by atoms with E-state index in [2.05, 4.69) is 9.98 Å². The van der Waals surface area contributed by atoms with E-state index in [1.165, 1.54) is 30.5 Å². The minimum atomic E-state index is -1.10. The maximum atomic E-state index is 11.1. The third-order valence-corrected chi connectivity index (χ3v) is 4.38. The van der Waals surface area contributed by atoms with Crippen LogP contribution in [0, 0.1) is 6.92 Å². The number of aromatic carboxylic acids is 1. The second-order valence-corrected chi connectivity index (χ2v) is 6.53. The second-order valence-electron chi connectivity index (χ2n) is 6.53. The van der Waals surface area contributed by atoms with Gasteiger partial charge in [0.2, 0.25) is 5.89 Å².